The van der Waals surface area contributed by atoms with E-state index in [0.29, 0.717) is 13.1 Å². The van der Waals surface area contributed by atoms with Crippen molar-refractivity contribution in [3.8, 4) is 0 Å². The summed E-state index contributed by atoms with van der Waals surface area (Å²) in [7, 11) is 0. The van der Waals surface area contributed by atoms with E-state index in [-0.39, 0.29) is 24.4 Å². The Morgan fingerprint density at radius 2 is 2.00 bits per heavy atom. The molecule has 1 fully saturated rings. The summed E-state index contributed by atoms with van der Waals surface area (Å²) in [6, 6.07) is 0.173. The Kier molecular flexibility index (Phi) is 5.25. The lowest BCUT2D eigenvalue weighted by Gasteiger charge is -2.32. The van der Waals surface area contributed by atoms with Crippen molar-refractivity contribution in [3.05, 3.63) is 0 Å². The molecule has 1 heterocycles. The van der Waals surface area contributed by atoms with Crippen LogP contribution >= 0.6 is 0 Å². The standard InChI is InChI=1S/C12H22N2O3/c1-3-9(2)13-12(17)14-6-4-10(5-7-14)8-11(15)16/h9-10H,3-8H2,1-2H3,(H,13,17)(H,15,16). The van der Waals surface area contributed by atoms with Crippen molar-refractivity contribution >= 4 is 12.0 Å². The topological polar surface area (TPSA) is 69.6 Å². The molecule has 0 aromatic carbocycles. The van der Waals surface area contributed by atoms with Gasteiger partial charge in [0.2, 0.25) is 0 Å². The normalized spacial score (nSPS) is 18.8. The molecule has 1 atom stereocenters. The summed E-state index contributed by atoms with van der Waals surface area (Å²) in [6.45, 7) is 5.35. The summed E-state index contributed by atoms with van der Waals surface area (Å²) >= 11 is 0. The molecule has 0 aliphatic carbocycles. The zero-order chi connectivity index (χ0) is 12.8. The summed E-state index contributed by atoms with van der Waals surface area (Å²) in [5.74, 6) is -0.521. The molecule has 1 unspecified atom stereocenters. The number of nitrogens with one attached hydrogen (secondary N) is 1. The average molecular weight is 242 g/mol. The van der Waals surface area contributed by atoms with Gasteiger partial charge in [-0.25, -0.2) is 4.79 Å². The molecular weight excluding hydrogens is 220 g/mol. The van der Waals surface area contributed by atoms with Gasteiger partial charge in [-0.3, -0.25) is 4.79 Å². The minimum atomic E-state index is -0.743. The molecule has 0 aromatic rings. The number of carboxylic acids is 1. The van der Waals surface area contributed by atoms with Crippen molar-refractivity contribution in [2.45, 2.75) is 45.6 Å². The summed E-state index contributed by atoms with van der Waals surface area (Å²) in [5.41, 5.74) is 0. The summed E-state index contributed by atoms with van der Waals surface area (Å²) in [5, 5.41) is 11.6. The molecule has 5 nitrogen and oxygen atoms in total. The van der Waals surface area contributed by atoms with Gasteiger partial charge >= 0.3 is 12.0 Å². The number of amides is 2. The van der Waals surface area contributed by atoms with Crippen LogP contribution < -0.4 is 5.32 Å². The van der Waals surface area contributed by atoms with Gasteiger partial charge in [0.05, 0.1) is 0 Å². The average Bonchev–Trinajstić information content (AvgIpc) is 2.28. The van der Waals surface area contributed by atoms with E-state index in [1.165, 1.54) is 0 Å². The maximum absolute atomic E-state index is 11.8. The number of aliphatic carboxylic acids is 1. The predicted octanol–water partition coefficient (Wildman–Crippen LogP) is 1.68. The molecule has 0 bridgehead atoms. The first-order valence-electron chi connectivity index (χ1n) is 6.30. The van der Waals surface area contributed by atoms with Crippen LogP contribution in [0.2, 0.25) is 0 Å². The van der Waals surface area contributed by atoms with Gasteiger partial charge in [0.25, 0.3) is 0 Å². The first-order valence-corrected chi connectivity index (χ1v) is 6.30. The first kappa shape index (κ1) is 13.8. The molecule has 1 aliphatic rings. The van der Waals surface area contributed by atoms with Gasteiger partial charge in [-0.05, 0) is 32.1 Å². The Morgan fingerprint density at radius 3 is 2.47 bits per heavy atom. The molecule has 98 valence electrons. The fourth-order valence-corrected chi connectivity index (χ4v) is 1.99. The summed E-state index contributed by atoms with van der Waals surface area (Å²) < 4.78 is 0. The maximum atomic E-state index is 11.8. The number of carbonyl (C=O) groups excluding carboxylic acids is 1. The molecule has 1 saturated heterocycles. The Hall–Kier alpha value is -1.26. The number of carbonyl (C=O) groups is 2. The molecule has 17 heavy (non-hydrogen) atoms. The molecule has 5 heteroatoms. The predicted molar refractivity (Wildman–Crippen MR) is 64.8 cm³/mol. The van der Waals surface area contributed by atoms with Crippen LogP contribution in [0.25, 0.3) is 0 Å². The van der Waals surface area contributed by atoms with Crippen molar-refractivity contribution in [1.82, 2.24) is 10.2 Å². The molecule has 0 spiro atoms. The lowest BCUT2D eigenvalue weighted by molar-refractivity contribution is -0.138. The Balaban J connectivity index is 2.31. The lowest BCUT2D eigenvalue weighted by atomic mass is 9.94. The van der Waals surface area contributed by atoms with Crippen LogP contribution in [0.4, 0.5) is 4.79 Å². The Labute approximate surface area is 102 Å². The number of hydrogen-bond donors (Lipinski definition) is 2. The number of nitrogens with zero attached hydrogens (tertiary/aromatic N) is 1. The highest BCUT2D eigenvalue weighted by molar-refractivity contribution is 5.74. The van der Waals surface area contributed by atoms with Gasteiger partial charge in [0.15, 0.2) is 0 Å². The van der Waals surface area contributed by atoms with E-state index in [1.54, 1.807) is 4.90 Å². The van der Waals surface area contributed by atoms with E-state index >= 15 is 0 Å². The number of piperidine rings is 1. The quantitative estimate of drug-likeness (QED) is 0.788. The van der Waals surface area contributed by atoms with Crippen LogP contribution in [0.1, 0.15) is 39.5 Å². The summed E-state index contributed by atoms with van der Waals surface area (Å²) in [6.07, 6.45) is 2.72. The van der Waals surface area contributed by atoms with Crippen LogP contribution in [-0.2, 0) is 4.79 Å². The van der Waals surface area contributed by atoms with Crippen LogP contribution in [0, 0.1) is 5.92 Å². The fraction of sp³-hybridized carbons (Fsp3) is 0.833. The first-order chi connectivity index (χ1) is 8.02. The van der Waals surface area contributed by atoms with E-state index in [1.807, 2.05) is 13.8 Å². The van der Waals surface area contributed by atoms with Crippen molar-refractivity contribution in [2.75, 3.05) is 13.1 Å². The van der Waals surface area contributed by atoms with E-state index < -0.39 is 5.97 Å². The van der Waals surface area contributed by atoms with Gasteiger partial charge in [0, 0.05) is 25.6 Å². The second kappa shape index (κ2) is 6.47. The molecule has 1 rings (SSSR count). The van der Waals surface area contributed by atoms with Gasteiger partial charge in [-0.15, -0.1) is 0 Å². The highest BCUT2D eigenvalue weighted by atomic mass is 16.4. The zero-order valence-corrected chi connectivity index (χ0v) is 10.6. The van der Waals surface area contributed by atoms with Crippen molar-refractivity contribution < 1.29 is 14.7 Å². The largest absolute Gasteiger partial charge is 0.481 e. The SMILES string of the molecule is CCC(C)NC(=O)N1CCC(CC(=O)O)CC1. The van der Waals surface area contributed by atoms with Crippen LogP contribution in [0.5, 0.6) is 0 Å². The maximum Gasteiger partial charge on any atom is 0.317 e. The third kappa shape index (κ3) is 4.63. The van der Waals surface area contributed by atoms with Gasteiger partial charge < -0.3 is 15.3 Å². The Bertz CT molecular complexity index is 273. The van der Waals surface area contributed by atoms with Crippen molar-refractivity contribution in [2.24, 2.45) is 5.92 Å². The monoisotopic (exact) mass is 242 g/mol. The zero-order valence-electron chi connectivity index (χ0n) is 10.6. The Morgan fingerprint density at radius 1 is 1.41 bits per heavy atom. The van der Waals surface area contributed by atoms with E-state index in [0.717, 1.165) is 19.3 Å². The molecule has 0 saturated carbocycles. The number of rotatable bonds is 4. The second-order valence-electron chi connectivity index (χ2n) is 4.79. The number of likely N-dealkylation sites (tertiary alicyclic amines) is 1. The van der Waals surface area contributed by atoms with E-state index in [4.69, 9.17) is 5.11 Å². The molecule has 0 radical (unpaired) electrons. The van der Waals surface area contributed by atoms with Crippen LogP contribution in [0.15, 0.2) is 0 Å². The van der Waals surface area contributed by atoms with Crippen LogP contribution in [-0.4, -0.2) is 41.1 Å². The third-order valence-corrected chi connectivity index (χ3v) is 3.35. The molecular formula is C12H22N2O3. The number of hydrogen-bond acceptors (Lipinski definition) is 2. The molecule has 2 amide bonds. The smallest absolute Gasteiger partial charge is 0.317 e. The van der Waals surface area contributed by atoms with Gasteiger partial charge in [0.1, 0.15) is 0 Å². The second-order valence-corrected chi connectivity index (χ2v) is 4.79. The van der Waals surface area contributed by atoms with Gasteiger partial charge in [-0.2, -0.15) is 0 Å². The van der Waals surface area contributed by atoms with E-state index in [2.05, 4.69) is 5.32 Å². The fourth-order valence-electron chi connectivity index (χ4n) is 1.99. The number of carboxylic acid groups (broad SMARTS) is 1. The highest BCUT2D eigenvalue weighted by Gasteiger charge is 2.24. The lowest BCUT2D eigenvalue weighted by Crippen LogP contribution is -2.47. The molecule has 0 aromatic heterocycles. The minimum Gasteiger partial charge on any atom is -0.481 e. The molecule has 2 N–H and O–H groups in total. The highest BCUT2D eigenvalue weighted by Crippen LogP contribution is 2.20. The third-order valence-electron chi connectivity index (χ3n) is 3.35. The van der Waals surface area contributed by atoms with Crippen LogP contribution in [0.3, 0.4) is 0 Å². The molecule has 1 aliphatic heterocycles. The van der Waals surface area contributed by atoms with Crippen molar-refractivity contribution in [1.29, 1.82) is 0 Å². The van der Waals surface area contributed by atoms with Crippen molar-refractivity contribution in [3.63, 3.8) is 0 Å². The summed E-state index contributed by atoms with van der Waals surface area (Å²) in [4.78, 5) is 24.2. The minimum absolute atomic E-state index is 0.0203. The van der Waals surface area contributed by atoms with E-state index in [9.17, 15) is 9.59 Å². The van der Waals surface area contributed by atoms with Gasteiger partial charge in [-0.1, -0.05) is 6.92 Å². The number of urea groups is 1.